The first-order valence-corrected chi connectivity index (χ1v) is 3.88. The Labute approximate surface area is 92.4 Å². The van der Waals surface area contributed by atoms with Crippen LogP contribution in [0.2, 0.25) is 0 Å². The average Bonchev–Trinajstić information content (AvgIpc) is 1.95. The molecule has 0 N–H and O–H groups in total. The second-order valence-corrected chi connectivity index (χ2v) is 2.74. The van der Waals surface area contributed by atoms with E-state index in [4.69, 9.17) is 0 Å². The van der Waals surface area contributed by atoms with E-state index in [0.717, 1.165) is 0 Å². The van der Waals surface area contributed by atoms with E-state index in [1.54, 1.807) is 0 Å². The summed E-state index contributed by atoms with van der Waals surface area (Å²) in [4.78, 5) is 0. The predicted octanol–water partition coefficient (Wildman–Crippen LogP) is 5.49. The monoisotopic (exact) mass is 198 g/mol. The second-order valence-electron chi connectivity index (χ2n) is 2.74. The van der Waals surface area contributed by atoms with E-state index >= 15 is 0 Å². The van der Waals surface area contributed by atoms with Gasteiger partial charge in [-0.25, -0.2) is 0 Å². The van der Waals surface area contributed by atoms with Gasteiger partial charge in [0.1, 0.15) is 0 Å². The molecule has 0 aliphatic rings. The molecule has 0 fully saturated rings. The fraction of sp³-hybridized carbons (Fsp3) is 0.571. The summed E-state index contributed by atoms with van der Waals surface area (Å²) < 4.78 is 0. The van der Waals surface area contributed by atoms with Crippen LogP contribution in [0.25, 0.3) is 0 Å². The van der Waals surface area contributed by atoms with Gasteiger partial charge in [0.05, 0.1) is 0 Å². The molecular formula is C14H30. The van der Waals surface area contributed by atoms with E-state index < -0.39 is 0 Å². The van der Waals surface area contributed by atoms with Crippen molar-refractivity contribution in [3.8, 4) is 0 Å². The Bertz CT molecular complexity index is 184. The van der Waals surface area contributed by atoms with Crippen molar-refractivity contribution in [2.45, 2.75) is 56.4 Å². The van der Waals surface area contributed by atoms with Crippen molar-refractivity contribution < 1.29 is 0 Å². The van der Waals surface area contributed by atoms with Crippen LogP contribution in [0.1, 0.15) is 54.2 Å². The lowest BCUT2D eigenvalue weighted by atomic mass is 10.1. The first kappa shape index (κ1) is 23.2. The van der Waals surface area contributed by atoms with Gasteiger partial charge in [-0.2, -0.15) is 0 Å². The minimum atomic E-state index is 0. The molecule has 0 heteroatoms. The molecule has 0 unspecified atom stereocenters. The highest BCUT2D eigenvalue weighted by molar-refractivity contribution is 5.21. The SMILES string of the molecule is C.C.C.C.CCCc1ccc(C)cc1. The Balaban J connectivity index is -0.000000125. The van der Waals surface area contributed by atoms with Crippen LogP contribution in [0.3, 0.4) is 0 Å². The molecule has 0 heterocycles. The highest BCUT2D eigenvalue weighted by atomic mass is 13.9. The van der Waals surface area contributed by atoms with Crippen LogP contribution in [0.4, 0.5) is 0 Å². The molecule has 1 aromatic rings. The van der Waals surface area contributed by atoms with Gasteiger partial charge < -0.3 is 0 Å². The first-order valence-electron chi connectivity index (χ1n) is 3.88. The number of rotatable bonds is 2. The van der Waals surface area contributed by atoms with Crippen molar-refractivity contribution in [1.29, 1.82) is 0 Å². The molecule has 0 aliphatic carbocycles. The molecule has 0 bridgehead atoms. The molecule has 0 amide bonds. The Morgan fingerprint density at radius 2 is 1.29 bits per heavy atom. The van der Waals surface area contributed by atoms with Gasteiger partial charge in [0.15, 0.2) is 0 Å². The van der Waals surface area contributed by atoms with Gasteiger partial charge in [0, 0.05) is 0 Å². The molecule has 0 aromatic heterocycles. The molecule has 0 spiro atoms. The van der Waals surface area contributed by atoms with Crippen molar-refractivity contribution in [3.63, 3.8) is 0 Å². The van der Waals surface area contributed by atoms with Crippen molar-refractivity contribution in [3.05, 3.63) is 35.4 Å². The summed E-state index contributed by atoms with van der Waals surface area (Å²) in [6, 6.07) is 8.76. The molecular weight excluding hydrogens is 168 g/mol. The number of hydrogen-bond donors (Lipinski definition) is 0. The Kier molecular flexibility index (Phi) is 20.3. The number of benzene rings is 1. The van der Waals surface area contributed by atoms with Gasteiger partial charge in [0.25, 0.3) is 0 Å². The van der Waals surface area contributed by atoms with Crippen LogP contribution in [-0.2, 0) is 6.42 Å². The molecule has 0 saturated carbocycles. The summed E-state index contributed by atoms with van der Waals surface area (Å²) in [5.74, 6) is 0. The Hall–Kier alpha value is -0.780. The van der Waals surface area contributed by atoms with E-state index in [1.165, 1.54) is 24.0 Å². The molecule has 0 nitrogen and oxygen atoms in total. The maximum Gasteiger partial charge on any atom is -0.0281 e. The highest BCUT2D eigenvalue weighted by Gasteiger charge is 1.87. The first-order chi connectivity index (χ1) is 4.83. The molecule has 1 aromatic carbocycles. The standard InChI is InChI=1S/C10H14.4CH4/c1-3-4-10-7-5-9(2)6-8-10;;;;/h5-8H,3-4H2,1-2H3;4*1H4. The van der Waals surface area contributed by atoms with Gasteiger partial charge in [-0.1, -0.05) is 72.9 Å². The maximum absolute atomic E-state index is 2.21. The summed E-state index contributed by atoms with van der Waals surface area (Å²) in [5.41, 5.74) is 2.80. The Morgan fingerprint density at radius 1 is 0.857 bits per heavy atom. The normalized spacial score (nSPS) is 7.00. The van der Waals surface area contributed by atoms with Crippen molar-refractivity contribution in [2.75, 3.05) is 0 Å². The molecule has 1 rings (SSSR count). The number of hydrogen-bond acceptors (Lipinski definition) is 0. The minimum absolute atomic E-state index is 0. The third-order valence-electron chi connectivity index (χ3n) is 1.66. The largest absolute Gasteiger partial charge is 0.0776 e. The quantitative estimate of drug-likeness (QED) is 0.589. The molecule has 14 heavy (non-hydrogen) atoms. The fourth-order valence-corrected chi connectivity index (χ4v) is 1.04. The van der Waals surface area contributed by atoms with Crippen LogP contribution >= 0.6 is 0 Å². The predicted molar refractivity (Wildman–Crippen MR) is 72.1 cm³/mol. The smallest absolute Gasteiger partial charge is 0.0281 e. The van der Waals surface area contributed by atoms with Crippen LogP contribution in [0.15, 0.2) is 24.3 Å². The van der Waals surface area contributed by atoms with Gasteiger partial charge in [-0.3, -0.25) is 0 Å². The minimum Gasteiger partial charge on any atom is -0.0776 e. The number of aryl methyl sites for hydroxylation is 2. The zero-order valence-electron chi connectivity index (χ0n) is 6.72. The lowest BCUT2D eigenvalue weighted by Crippen LogP contribution is -1.81. The molecule has 0 radical (unpaired) electrons. The van der Waals surface area contributed by atoms with Crippen molar-refractivity contribution in [2.24, 2.45) is 0 Å². The van der Waals surface area contributed by atoms with Gasteiger partial charge in [0.2, 0.25) is 0 Å². The highest BCUT2D eigenvalue weighted by Crippen LogP contribution is 2.04. The zero-order chi connectivity index (χ0) is 7.40. The summed E-state index contributed by atoms with van der Waals surface area (Å²) in [6.07, 6.45) is 2.45. The summed E-state index contributed by atoms with van der Waals surface area (Å²) in [5, 5.41) is 0. The topological polar surface area (TPSA) is 0 Å². The second kappa shape index (κ2) is 12.2. The maximum atomic E-state index is 2.21. The summed E-state index contributed by atoms with van der Waals surface area (Å²) >= 11 is 0. The molecule has 86 valence electrons. The van der Waals surface area contributed by atoms with E-state index in [-0.39, 0.29) is 29.7 Å². The van der Waals surface area contributed by atoms with E-state index in [1.807, 2.05) is 0 Å². The lowest BCUT2D eigenvalue weighted by molar-refractivity contribution is 0.921. The van der Waals surface area contributed by atoms with Crippen LogP contribution in [0.5, 0.6) is 0 Å². The Morgan fingerprint density at radius 3 is 1.64 bits per heavy atom. The average molecular weight is 198 g/mol. The van der Waals surface area contributed by atoms with Gasteiger partial charge >= 0.3 is 0 Å². The van der Waals surface area contributed by atoms with Crippen LogP contribution in [-0.4, -0.2) is 0 Å². The van der Waals surface area contributed by atoms with Gasteiger partial charge in [-0.15, -0.1) is 0 Å². The molecule has 0 saturated heterocycles. The molecule has 0 atom stereocenters. The van der Waals surface area contributed by atoms with Crippen molar-refractivity contribution >= 4 is 0 Å². The lowest BCUT2D eigenvalue weighted by Gasteiger charge is -1.97. The van der Waals surface area contributed by atoms with Gasteiger partial charge in [-0.05, 0) is 18.9 Å². The van der Waals surface area contributed by atoms with Crippen molar-refractivity contribution in [1.82, 2.24) is 0 Å². The van der Waals surface area contributed by atoms with Crippen LogP contribution < -0.4 is 0 Å². The van der Waals surface area contributed by atoms with E-state index in [9.17, 15) is 0 Å². The van der Waals surface area contributed by atoms with E-state index in [0.29, 0.717) is 0 Å². The van der Waals surface area contributed by atoms with Crippen LogP contribution in [0, 0.1) is 6.92 Å². The molecule has 0 aliphatic heterocycles. The summed E-state index contributed by atoms with van der Waals surface area (Å²) in [7, 11) is 0. The fourth-order valence-electron chi connectivity index (χ4n) is 1.04. The summed E-state index contributed by atoms with van der Waals surface area (Å²) in [6.45, 7) is 4.33. The third-order valence-corrected chi connectivity index (χ3v) is 1.66. The zero-order valence-corrected chi connectivity index (χ0v) is 6.72. The third kappa shape index (κ3) is 7.85. The van der Waals surface area contributed by atoms with E-state index in [2.05, 4.69) is 38.1 Å².